The van der Waals surface area contributed by atoms with Gasteiger partial charge >= 0.3 is 0 Å². The molecule has 0 spiro atoms. The van der Waals surface area contributed by atoms with Crippen molar-refractivity contribution in [3.63, 3.8) is 0 Å². The van der Waals surface area contributed by atoms with E-state index in [0.717, 1.165) is 5.56 Å². The van der Waals surface area contributed by atoms with Gasteiger partial charge in [-0.05, 0) is 44.5 Å². The Bertz CT molecular complexity index is 697. The van der Waals surface area contributed by atoms with Gasteiger partial charge in [0.2, 0.25) is 5.91 Å². The summed E-state index contributed by atoms with van der Waals surface area (Å²) >= 11 is 1.33. The Hall–Kier alpha value is -2.28. The van der Waals surface area contributed by atoms with Crippen LogP contribution in [0.4, 0.5) is 0 Å². The highest BCUT2D eigenvalue weighted by atomic mass is 32.2. The molecular formula is C18H23N3O3S. The Labute approximate surface area is 152 Å². The van der Waals surface area contributed by atoms with Crippen LogP contribution in [0, 0.1) is 0 Å². The Morgan fingerprint density at radius 1 is 1.24 bits per heavy atom. The predicted octanol–water partition coefficient (Wildman–Crippen LogP) is 3.24. The third-order valence-electron chi connectivity index (χ3n) is 3.54. The highest BCUT2D eigenvalue weighted by molar-refractivity contribution is 8.00. The lowest BCUT2D eigenvalue weighted by atomic mass is 10.1. The lowest BCUT2D eigenvalue weighted by Gasteiger charge is -2.19. The number of thioether (sulfide) groups is 1. The van der Waals surface area contributed by atoms with Crippen LogP contribution in [0.3, 0.4) is 0 Å². The molecule has 0 radical (unpaired) electrons. The maximum atomic E-state index is 12.4. The molecule has 1 aromatic carbocycles. The van der Waals surface area contributed by atoms with Gasteiger partial charge in [-0.1, -0.05) is 17.8 Å². The van der Waals surface area contributed by atoms with Gasteiger partial charge in [-0.15, -0.1) is 0 Å². The highest BCUT2D eigenvalue weighted by Gasteiger charge is 2.19. The summed E-state index contributed by atoms with van der Waals surface area (Å²) in [4.78, 5) is 20.7. The van der Waals surface area contributed by atoms with Crippen molar-refractivity contribution in [2.75, 3.05) is 13.7 Å². The van der Waals surface area contributed by atoms with Crippen molar-refractivity contribution < 1.29 is 14.3 Å². The minimum atomic E-state index is -0.297. The molecule has 1 N–H and O–H groups in total. The molecule has 1 amide bonds. The number of rotatable bonds is 8. The van der Waals surface area contributed by atoms with Crippen molar-refractivity contribution >= 4 is 17.7 Å². The van der Waals surface area contributed by atoms with Gasteiger partial charge in [-0.25, -0.2) is 9.97 Å². The van der Waals surface area contributed by atoms with Crippen molar-refractivity contribution in [1.82, 2.24) is 15.3 Å². The molecule has 0 unspecified atom stereocenters. The van der Waals surface area contributed by atoms with E-state index in [0.29, 0.717) is 23.3 Å². The molecule has 0 bridgehead atoms. The molecule has 2 aromatic rings. The molecule has 2 rings (SSSR count). The largest absolute Gasteiger partial charge is 0.493 e. The number of nitrogens with zero attached hydrogens (tertiary/aromatic N) is 2. The van der Waals surface area contributed by atoms with Gasteiger partial charge in [0.15, 0.2) is 16.7 Å². The van der Waals surface area contributed by atoms with Crippen LogP contribution in [0.5, 0.6) is 11.5 Å². The first kappa shape index (κ1) is 19.1. The van der Waals surface area contributed by atoms with E-state index in [1.165, 1.54) is 11.8 Å². The summed E-state index contributed by atoms with van der Waals surface area (Å²) in [7, 11) is 1.60. The van der Waals surface area contributed by atoms with Crippen LogP contribution in [-0.2, 0) is 4.79 Å². The summed E-state index contributed by atoms with van der Waals surface area (Å²) in [5, 5.41) is 3.29. The van der Waals surface area contributed by atoms with Crippen molar-refractivity contribution in [1.29, 1.82) is 0 Å². The quantitative estimate of drug-likeness (QED) is 0.575. The third kappa shape index (κ3) is 5.35. The molecule has 6 nitrogen and oxygen atoms in total. The monoisotopic (exact) mass is 361 g/mol. The lowest BCUT2D eigenvalue weighted by Crippen LogP contribution is -2.33. The number of amides is 1. The summed E-state index contributed by atoms with van der Waals surface area (Å²) in [6.45, 7) is 6.26. The molecule has 1 aromatic heterocycles. The molecule has 0 aliphatic rings. The van der Waals surface area contributed by atoms with Crippen LogP contribution in [0.25, 0.3) is 0 Å². The van der Waals surface area contributed by atoms with Crippen molar-refractivity contribution in [2.45, 2.75) is 37.2 Å². The van der Waals surface area contributed by atoms with Crippen molar-refractivity contribution in [3.8, 4) is 11.5 Å². The van der Waals surface area contributed by atoms with Crippen LogP contribution in [0.2, 0.25) is 0 Å². The minimum absolute atomic E-state index is 0.0715. The Morgan fingerprint density at radius 2 is 1.96 bits per heavy atom. The van der Waals surface area contributed by atoms with Crippen LogP contribution in [0.1, 0.15) is 32.4 Å². The molecule has 2 atom stereocenters. The Balaban J connectivity index is 2.00. The van der Waals surface area contributed by atoms with Gasteiger partial charge in [0.25, 0.3) is 0 Å². The first-order chi connectivity index (χ1) is 12.0. The summed E-state index contributed by atoms with van der Waals surface area (Å²) in [5.74, 6) is 1.27. The standard InChI is InChI=1S/C18H23N3O3S/c1-5-24-15-8-7-14(11-16(15)23-4)12(2)21-17(22)13(3)25-18-19-9-6-10-20-18/h6-13H,5H2,1-4H3,(H,21,22)/t12-,13-/m0/s1. The highest BCUT2D eigenvalue weighted by Crippen LogP contribution is 2.30. The second kappa shape index (κ2) is 9.27. The molecule has 134 valence electrons. The van der Waals surface area contributed by atoms with E-state index in [9.17, 15) is 4.79 Å². The summed E-state index contributed by atoms with van der Waals surface area (Å²) < 4.78 is 10.9. The predicted molar refractivity (Wildman–Crippen MR) is 98.1 cm³/mol. The summed E-state index contributed by atoms with van der Waals surface area (Å²) in [6, 6.07) is 7.26. The van der Waals surface area contributed by atoms with Gasteiger partial charge in [0.05, 0.1) is 25.0 Å². The van der Waals surface area contributed by atoms with E-state index >= 15 is 0 Å². The Kier molecular flexibility index (Phi) is 7.06. The minimum Gasteiger partial charge on any atom is -0.493 e. The van der Waals surface area contributed by atoms with E-state index in [-0.39, 0.29) is 17.2 Å². The molecule has 0 aliphatic carbocycles. The number of benzene rings is 1. The fourth-order valence-corrected chi connectivity index (χ4v) is 2.93. The Morgan fingerprint density at radius 3 is 2.60 bits per heavy atom. The van der Waals surface area contributed by atoms with E-state index in [2.05, 4.69) is 15.3 Å². The number of carbonyl (C=O) groups is 1. The zero-order valence-electron chi connectivity index (χ0n) is 14.9. The summed E-state index contributed by atoms with van der Waals surface area (Å²) in [6.07, 6.45) is 3.32. The molecule has 0 aliphatic heterocycles. The molecule has 25 heavy (non-hydrogen) atoms. The van der Waals surface area contributed by atoms with Gasteiger partial charge < -0.3 is 14.8 Å². The average Bonchev–Trinajstić information content (AvgIpc) is 2.63. The second-order valence-corrected chi connectivity index (χ2v) is 6.67. The maximum absolute atomic E-state index is 12.4. The number of methoxy groups -OCH3 is 1. The van der Waals surface area contributed by atoms with Crippen LogP contribution >= 0.6 is 11.8 Å². The lowest BCUT2D eigenvalue weighted by molar-refractivity contribution is -0.120. The number of hydrogen-bond acceptors (Lipinski definition) is 6. The fourth-order valence-electron chi connectivity index (χ4n) is 2.20. The second-order valence-electron chi connectivity index (χ2n) is 5.37. The van der Waals surface area contributed by atoms with Crippen molar-refractivity contribution in [3.05, 3.63) is 42.2 Å². The van der Waals surface area contributed by atoms with E-state index < -0.39 is 0 Å². The SMILES string of the molecule is CCOc1ccc([C@H](C)NC(=O)[C@H](C)Sc2ncccn2)cc1OC. The maximum Gasteiger partial charge on any atom is 0.233 e. The smallest absolute Gasteiger partial charge is 0.233 e. The topological polar surface area (TPSA) is 73.3 Å². The van der Waals surface area contributed by atoms with E-state index in [1.54, 1.807) is 25.6 Å². The third-order valence-corrected chi connectivity index (χ3v) is 4.53. The van der Waals surface area contributed by atoms with Crippen molar-refractivity contribution in [2.24, 2.45) is 0 Å². The first-order valence-corrected chi connectivity index (χ1v) is 8.97. The molecule has 7 heteroatoms. The number of aromatic nitrogens is 2. The van der Waals surface area contributed by atoms with Crippen LogP contribution < -0.4 is 14.8 Å². The van der Waals surface area contributed by atoms with Gasteiger partial charge in [0, 0.05) is 12.4 Å². The zero-order chi connectivity index (χ0) is 18.2. The zero-order valence-corrected chi connectivity index (χ0v) is 15.7. The van der Waals surface area contributed by atoms with Crippen LogP contribution in [-0.4, -0.2) is 34.8 Å². The van der Waals surface area contributed by atoms with E-state index in [1.807, 2.05) is 39.0 Å². The normalized spacial score (nSPS) is 13.0. The fraction of sp³-hybridized carbons (Fsp3) is 0.389. The average molecular weight is 361 g/mol. The van der Waals surface area contributed by atoms with Crippen LogP contribution in [0.15, 0.2) is 41.8 Å². The number of ether oxygens (including phenoxy) is 2. The number of carbonyl (C=O) groups excluding carboxylic acids is 1. The molecule has 0 saturated carbocycles. The number of hydrogen-bond donors (Lipinski definition) is 1. The molecular weight excluding hydrogens is 338 g/mol. The van der Waals surface area contributed by atoms with Gasteiger partial charge in [-0.2, -0.15) is 0 Å². The molecule has 1 heterocycles. The van der Waals surface area contributed by atoms with Gasteiger partial charge in [0.1, 0.15) is 0 Å². The van der Waals surface area contributed by atoms with E-state index in [4.69, 9.17) is 9.47 Å². The molecule has 0 fully saturated rings. The number of nitrogens with one attached hydrogen (secondary N) is 1. The summed E-state index contributed by atoms with van der Waals surface area (Å²) in [5.41, 5.74) is 0.946. The van der Waals surface area contributed by atoms with Gasteiger partial charge in [-0.3, -0.25) is 4.79 Å². The molecule has 0 saturated heterocycles. The first-order valence-electron chi connectivity index (χ1n) is 8.10.